The predicted molar refractivity (Wildman–Crippen MR) is 95.2 cm³/mol. The molecular weight excluding hydrogens is 338 g/mol. The van der Waals surface area contributed by atoms with E-state index in [-0.39, 0.29) is 11.7 Å². The van der Waals surface area contributed by atoms with Crippen molar-refractivity contribution in [1.82, 2.24) is 9.88 Å². The fourth-order valence-corrected chi connectivity index (χ4v) is 4.06. The lowest BCUT2D eigenvalue weighted by molar-refractivity contribution is -0.116. The Morgan fingerprint density at radius 2 is 2.28 bits per heavy atom. The molecule has 1 aromatic heterocycles. The molecular formula is C18H19N3O3S. The molecule has 2 aliphatic heterocycles. The van der Waals surface area contributed by atoms with Gasteiger partial charge in [-0.05, 0) is 12.1 Å². The number of carbonyl (C=O) groups excluding carboxylic acids is 2. The van der Waals surface area contributed by atoms with Crippen LogP contribution < -0.4 is 10.1 Å². The Kier molecular flexibility index (Phi) is 4.27. The van der Waals surface area contributed by atoms with E-state index < -0.39 is 5.60 Å². The Balaban J connectivity index is 1.34. The number of rotatable bonds is 4. The van der Waals surface area contributed by atoms with E-state index in [4.69, 9.17) is 4.74 Å². The Labute approximate surface area is 149 Å². The zero-order valence-electron chi connectivity index (χ0n) is 13.7. The van der Waals surface area contributed by atoms with Crippen LogP contribution in [-0.4, -0.2) is 46.8 Å². The number of anilines is 1. The lowest BCUT2D eigenvalue weighted by atomic mass is 9.89. The van der Waals surface area contributed by atoms with Crippen molar-refractivity contribution < 1.29 is 14.3 Å². The third-order valence-electron chi connectivity index (χ3n) is 4.73. The summed E-state index contributed by atoms with van der Waals surface area (Å²) in [4.78, 5) is 30.7. The van der Waals surface area contributed by atoms with Crippen LogP contribution in [0.15, 0.2) is 35.8 Å². The molecule has 2 aliphatic rings. The molecule has 2 aromatic rings. The highest BCUT2D eigenvalue weighted by Gasteiger charge is 2.45. The molecule has 3 heterocycles. The van der Waals surface area contributed by atoms with E-state index in [1.807, 2.05) is 29.6 Å². The maximum absolute atomic E-state index is 12.4. The Morgan fingerprint density at radius 3 is 3.12 bits per heavy atom. The molecule has 1 saturated heterocycles. The van der Waals surface area contributed by atoms with E-state index in [1.54, 1.807) is 6.20 Å². The predicted octanol–water partition coefficient (Wildman–Crippen LogP) is 2.58. The third-order valence-corrected chi connectivity index (χ3v) is 5.41. The summed E-state index contributed by atoms with van der Waals surface area (Å²) in [7, 11) is 0. The average Bonchev–Trinajstić information content (AvgIpc) is 3.23. The smallest absolute Gasteiger partial charge is 0.227 e. The topological polar surface area (TPSA) is 71.5 Å². The first-order valence-electron chi connectivity index (χ1n) is 8.37. The molecule has 1 atom stereocenters. The van der Waals surface area contributed by atoms with Crippen molar-refractivity contribution in [1.29, 1.82) is 0 Å². The van der Waals surface area contributed by atoms with Gasteiger partial charge in [-0.25, -0.2) is 4.98 Å². The van der Waals surface area contributed by atoms with E-state index in [2.05, 4.69) is 15.2 Å². The van der Waals surface area contributed by atoms with Crippen molar-refractivity contribution in [3.8, 4) is 5.75 Å². The number of aromatic nitrogens is 1. The standard InChI is InChI=1S/C18H19N3O3S/c22-14-11-18(24-15-4-2-1-3-13(14)15)6-9-21(12-18)8-5-16(23)20-17-19-7-10-25-17/h1-4,7,10H,5-6,8-9,11-12H2,(H,19,20,23). The normalized spacial score (nSPS) is 22.6. The van der Waals surface area contributed by atoms with E-state index in [9.17, 15) is 9.59 Å². The van der Waals surface area contributed by atoms with Gasteiger partial charge in [0.15, 0.2) is 10.9 Å². The first kappa shape index (κ1) is 16.2. The Bertz CT molecular complexity index is 793. The van der Waals surface area contributed by atoms with Crippen molar-refractivity contribution in [3.05, 3.63) is 41.4 Å². The van der Waals surface area contributed by atoms with Gasteiger partial charge in [0.1, 0.15) is 11.4 Å². The SMILES string of the molecule is O=C(CCN1CCC2(CC(=O)c3ccccc3O2)C1)Nc1nccs1. The molecule has 0 aliphatic carbocycles. The lowest BCUT2D eigenvalue weighted by Gasteiger charge is -2.34. The summed E-state index contributed by atoms with van der Waals surface area (Å²) in [6.45, 7) is 2.16. The number of ketones is 1. The molecule has 1 unspecified atom stereocenters. The minimum atomic E-state index is -0.447. The van der Waals surface area contributed by atoms with Gasteiger partial charge < -0.3 is 10.1 Å². The van der Waals surface area contributed by atoms with Crippen LogP contribution in [0.2, 0.25) is 0 Å². The molecule has 1 spiro atoms. The number of fused-ring (bicyclic) bond motifs is 1. The number of amides is 1. The zero-order valence-corrected chi connectivity index (χ0v) is 14.6. The first-order chi connectivity index (χ1) is 12.1. The average molecular weight is 357 g/mol. The summed E-state index contributed by atoms with van der Waals surface area (Å²) < 4.78 is 6.20. The number of benzene rings is 1. The minimum absolute atomic E-state index is 0.0399. The number of nitrogens with one attached hydrogen (secondary N) is 1. The van der Waals surface area contributed by atoms with E-state index in [0.717, 1.165) is 13.0 Å². The number of Topliss-reactive ketones (excluding diaryl/α,β-unsaturated/α-hetero) is 1. The largest absolute Gasteiger partial charge is 0.485 e. The van der Waals surface area contributed by atoms with Gasteiger partial charge >= 0.3 is 0 Å². The van der Waals surface area contributed by atoms with Gasteiger partial charge in [-0.2, -0.15) is 0 Å². The quantitative estimate of drug-likeness (QED) is 0.911. The zero-order chi connectivity index (χ0) is 17.3. The summed E-state index contributed by atoms with van der Waals surface area (Å²) in [5, 5.41) is 5.25. The fraction of sp³-hybridized carbons (Fsp3) is 0.389. The molecule has 1 fully saturated rings. The number of hydrogen-bond donors (Lipinski definition) is 1. The number of thiazole rings is 1. The number of nitrogens with zero attached hydrogens (tertiary/aromatic N) is 2. The highest BCUT2D eigenvalue weighted by atomic mass is 32.1. The first-order valence-corrected chi connectivity index (χ1v) is 9.24. The van der Waals surface area contributed by atoms with Crippen molar-refractivity contribution in [2.75, 3.05) is 25.0 Å². The molecule has 6 nitrogen and oxygen atoms in total. The highest BCUT2D eigenvalue weighted by molar-refractivity contribution is 7.13. The Morgan fingerprint density at radius 1 is 1.40 bits per heavy atom. The third kappa shape index (κ3) is 3.43. The summed E-state index contributed by atoms with van der Waals surface area (Å²) >= 11 is 1.41. The van der Waals surface area contributed by atoms with Gasteiger partial charge in [-0.3, -0.25) is 14.5 Å². The molecule has 0 saturated carbocycles. The van der Waals surface area contributed by atoms with Gasteiger partial charge in [-0.1, -0.05) is 12.1 Å². The summed E-state index contributed by atoms with van der Waals surface area (Å²) in [6.07, 6.45) is 3.28. The monoisotopic (exact) mass is 357 g/mol. The second-order valence-corrected chi connectivity index (χ2v) is 7.44. The molecule has 4 rings (SSSR count). The van der Waals surface area contributed by atoms with Crippen LogP contribution in [0.3, 0.4) is 0 Å². The maximum atomic E-state index is 12.4. The Hall–Kier alpha value is -2.25. The number of carbonyl (C=O) groups is 2. The summed E-state index contributed by atoms with van der Waals surface area (Å²) in [5.41, 5.74) is 0.228. The van der Waals surface area contributed by atoms with Crippen molar-refractivity contribution in [3.63, 3.8) is 0 Å². The molecule has 0 radical (unpaired) electrons. The molecule has 25 heavy (non-hydrogen) atoms. The number of hydrogen-bond acceptors (Lipinski definition) is 6. The molecule has 0 bridgehead atoms. The number of para-hydroxylation sites is 1. The second-order valence-electron chi connectivity index (χ2n) is 6.54. The molecule has 1 aromatic carbocycles. The highest BCUT2D eigenvalue weighted by Crippen LogP contribution is 2.38. The fourth-order valence-electron chi connectivity index (χ4n) is 3.52. The van der Waals surface area contributed by atoms with E-state index in [1.165, 1.54) is 11.3 Å². The van der Waals surface area contributed by atoms with Crippen LogP contribution in [0.25, 0.3) is 0 Å². The van der Waals surface area contributed by atoms with Gasteiger partial charge in [0, 0.05) is 44.1 Å². The second kappa shape index (κ2) is 6.57. The van der Waals surface area contributed by atoms with Crippen LogP contribution >= 0.6 is 11.3 Å². The van der Waals surface area contributed by atoms with Gasteiger partial charge in [0.25, 0.3) is 0 Å². The molecule has 7 heteroatoms. The van der Waals surface area contributed by atoms with Crippen LogP contribution in [0.5, 0.6) is 5.75 Å². The van der Waals surface area contributed by atoms with Crippen molar-refractivity contribution in [2.24, 2.45) is 0 Å². The van der Waals surface area contributed by atoms with Crippen molar-refractivity contribution in [2.45, 2.75) is 24.9 Å². The van der Waals surface area contributed by atoms with Crippen molar-refractivity contribution >= 4 is 28.2 Å². The minimum Gasteiger partial charge on any atom is -0.485 e. The molecule has 130 valence electrons. The van der Waals surface area contributed by atoms with Crippen LogP contribution in [0.1, 0.15) is 29.6 Å². The lowest BCUT2D eigenvalue weighted by Crippen LogP contribution is -2.44. The van der Waals surface area contributed by atoms with Crippen LogP contribution in [-0.2, 0) is 4.79 Å². The summed E-state index contributed by atoms with van der Waals surface area (Å²) in [6, 6.07) is 7.43. The number of likely N-dealkylation sites (tertiary alicyclic amines) is 1. The number of ether oxygens (including phenoxy) is 1. The van der Waals surface area contributed by atoms with E-state index in [0.29, 0.717) is 42.4 Å². The van der Waals surface area contributed by atoms with Crippen LogP contribution in [0, 0.1) is 0 Å². The molecule has 1 amide bonds. The molecule has 1 N–H and O–H groups in total. The van der Waals surface area contributed by atoms with E-state index >= 15 is 0 Å². The van der Waals surface area contributed by atoms with Gasteiger partial charge in [-0.15, -0.1) is 11.3 Å². The maximum Gasteiger partial charge on any atom is 0.227 e. The van der Waals surface area contributed by atoms with Gasteiger partial charge in [0.2, 0.25) is 5.91 Å². The summed E-state index contributed by atoms with van der Waals surface area (Å²) in [5.74, 6) is 0.786. The van der Waals surface area contributed by atoms with Gasteiger partial charge in [0.05, 0.1) is 12.0 Å². The van der Waals surface area contributed by atoms with Crippen LogP contribution in [0.4, 0.5) is 5.13 Å².